The third-order valence-corrected chi connectivity index (χ3v) is 3.41. The molecule has 0 bridgehead atoms. The molecule has 0 aromatic carbocycles. The van der Waals surface area contributed by atoms with Crippen LogP contribution in [0.15, 0.2) is 16.7 Å². The third-order valence-electron chi connectivity index (χ3n) is 2.78. The average molecular weight is 333 g/mol. The standard InChI is InChI=1S/C12H15BrClN3O/c1-7(18-3)6-17-11(8(2)14)16-10-4-9(13)5-15-12(10)17/h4-5,7-8H,6H2,1-3H3. The molecule has 2 unspecified atom stereocenters. The van der Waals surface area contributed by atoms with Crippen molar-refractivity contribution in [2.24, 2.45) is 0 Å². The van der Waals surface area contributed by atoms with E-state index in [1.54, 1.807) is 13.3 Å². The number of imidazole rings is 1. The van der Waals surface area contributed by atoms with E-state index >= 15 is 0 Å². The van der Waals surface area contributed by atoms with Crippen LogP contribution >= 0.6 is 27.5 Å². The van der Waals surface area contributed by atoms with E-state index < -0.39 is 0 Å². The minimum absolute atomic E-state index is 0.0852. The normalized spacial score (nSPS) is 14.9. The van der Waals surface area contributed by atoms with Crippen LogP contribution in [0.1, 0.15) is 25.0 Å². The second kappa shape index (κ2) is 5.55. The van der Waals surface area contributed by atoms with Gasteiger partial charge in [0.2, 0.25) is 0 Å². The second-order valence-electron chi connectivity index (χ2n) is 4.24. The van der Waals surface area contributed by atoms with Gasteiger partial charge < -0.3 is 9.30 Å². The molecule has 2 atom stereocenters. The lowest BCUT2D eigenvalue weighted by molar-refractivity contribution is 0.103. The van der Waals surface area contributed by atoms with Crippen molar-refractivity contribution in [3.05, 3.63) is 22.6 Å². The van der Waals surface area contributed by atoms with Gasteiger partial charge >= 0.3 is 0 Å². The number of pyridine rings is 1. The van der Waals surface area contributed by atoms with E-state index in [4.69, 9.17) is 16.3 Å². The second-order valence-corrected chi connectivity index (χ2v) is 5.81. The zero-order valence-corrected chi connectivity index (χ0v) is 12.9. The van der Waals surface area contributed by atoms with Gasteiger partial charge in [-0.3, -0.25) is 0 Å². The van der Waals surface area contributed by atoms with Gasteiger partial charge in [0.15, 0.2) is 5.65 Å². The van der Waals surface area contributed by atoms with E-state index in [0.717, 1.165) is 21.5 Å². The highest BCUT2D eigenvalue weighted by atomic mass is 79.9. The molecule has 2 rings (SSSR count). The van der Waals surface area contributed by atoms with Crippen LogP contribution in [-0.4, -0.2) is 27.7 Å². The van der Waals surface area contributed by atoms with Gasteiger partial charge in [-0.15, -0.1) is 11.6 Å². The molecule has 0 fully saturated rings. The Morgan fingerprint density at radius 3 is 2.83 bits per heavy atom. The molecule has 0 saturated carbocycles. The van der Waals surface area contributed by atoms with Gasteiger partial charge in [-0.2, -0.15) is 0 Å². The number of alkyl halides is 1. The van der Waals surface area contributed by atoms with Crippen molar-refractivity contribution in [3.8, 4) is 0 Å². The molecule has 0 amide bonds. The van der Waals surface area contributed by atoms with Crippen molar-refractivity contribution in [2.75, 3.05) is 7.11 Å². The zero-order valence-electron chi connectivity index (χ0n) is 10.5. The van der Waals surface area contributed by atoms with E-state index in [1.165, 1.54) is 0 Å². The molecule has 18 heavy (non-hydrogen) atoms. The van der Waals surface area contributed by atoms with Crippen LogP contribution in [0.25, 0.3) is 11.2 Å². The van der Waals surface area contributed by atoms with Gasteiger partial charge in [-0.25, -0.2) is 9.97 Å². The molecule has 0 saturated heterocycles. The fraction of sp³-hybridized carbons (Fsp3) is 0.500. The van der Waals surface area contributed by atoms with Gasteiger partial charge in [0.25, 0.3) is 0 Å². The number of methoxy groups -OCH3 is 1. The fourth-order valence-corrected chi connectivity index (χ4v) is 2.31. The Labute approximate surface area is 119 Å². The maximum atomic E-state index is 6.18. The first-order chi connectivity index (χ1) is 8.52. The molecule has 2 heterocycles. The van der Waals surface area contributed by atoms with Crippen molar-refractivity contribution in [2.45, 2.75) is 31.9 Å². The highest BCUT2D eigenvalue weighted by molar-refractivity contribution is 9.10. The van der Waals surface area contributed by atoms with Crippen LogP contribution in [0.2, 0.25) is 0 Å². The number of hydrogen-bond donors (Lipinski definition) is 0. The Morgan fingerprint density at radius 1 is 1.50 bits per heavy atom. The van der Waals surface area contributed by atoms with Crippen molar-refractivity contribution < 1.29 is 4.74 Å². The Balaban J connectivity index is 2.55. The number of hydrogen-bond acceptors (Lipinski definition) is 3. The fourth-order valence-electron chi connectivity index (χ4n) is 1.82. The summed E-state index contributed by atoms with van der Waals surface area (Å²) in [6.45, 7) is 4.60. The number of ether oxygens (including phenoxy) is 1. The predicted molar refractivity (Wildman–Crippen MR) is 76.0 cm³/mol. The number of nitrogens with zero attached hydrogens (tertiary/aromatic N) is 3. The molecule has 0 aliphatic rings. The maximum absolute atomic E-state index is 6.18. The van der Waals surface area contributed by atoms with E-state index in [0.29, 0.717) is 6.54 Å². The topological polar surface area (TPSA) is 39.9 Å². The van der Waals surface area contributed by atoms with Crippen molar-refractivity contribution in [3.63, 3.8) is 0 Å². The van der Waals surface area contributed by atoms with Crippen LogP contribution in [0.3, 0.4) is 0 Å². The number of halogens is 2. The highest BCUT2D eigenvalue weighted by Crippen LogP contribution is 2.25. The minimum Gasteiger partial charge on any atom is -0.380 e. The quantitative estimate of drug-likeness (QED) is 0.804. The Kier molecular flexibility index (Phi) is 4.25. The van der Waals surface area contributed by atoms with Gasteiger partial charge in [0, 0.05) is 17.8 Å². The summed E-state index contributed by atoms with van der Waals surface area (Å²) in [6.07, 6.45) is 1.85. The molecule has 0 radical (unpaired) electrons. The monoisotopic (exact) mass is 331 g/mol. The molecular formula is C12H15BrClN3O. The smallest absolute Gasteiger partial charge is 0.160 e. The zero-order chi connectivity index (χ0) is 13.3. The summed E-state index contributed by atoms with van der Waals surface area (Å²) in [5.41, 5.74) is 1.68. The number of aromatic nitrogens is 3. The van der Waals surface area contributed by atoms with Gasteiger partial charge in [-0.05, 0) is 35.8 Å². The van der Waals surface area contributed by atoms with Crippen LogP contribution in [-0.2, 0) is 11.3 Å². The third kappa shape index (κ3) is 2.68. The molecule has 0 aliphatic heterocycles. The summed E-state index contributed by atoms with van der Waals surface area (Å²) in [4.78, 5) is 8.95. The number of fused-ring (bicyclic) bond motifs is 1. The summed E-state index contributed by atoms with van der Waals surface area (Å²) in [5.74, 6) is 0.821. The van der Waals surface area contributed by atoms with Crippen LogP contribution in [0.4, 0.5) is 0 Å². The summed E-state index contributed by atoms with van der Waals surface area (Å²) in [7, 11) is 1.69. The van der Waals surface area contributed by atoms with E-state index in [2.05, 4.69) is 25.9 Å². The van der Waals surface area contributed by atoms with E-state index in [1.807, 2.05) is 24.5 Å². The maximum Gasteiger partial charge on any atom is 0.160 e. The molecule has 6 heteroatoms. The Hall–Kier alpha value is -0.650. The van der Waals surface area contributed by atoms with Crippen molar-refractivity contribution in [1.82, 2.24) is 14.5 Å². The van der Waals surface area contributed by atoms with Crippen LogP contribution < -0.4 is 0 Å². The molecule has 0 aliphatic carbocycles. The minimum atomic E-state index is -0.165. The molecule has 4 nitrogen and oxygen atoms in total. The van der Waals surface area contributed by atoms with Gasteiger partial charge in [-0.1, -0.05) is 0 Å². The molecular weight excluding hydrogens is 318 g/mol. The Morgan fingerprint density at radius 2 is 2.22 bits per heavy atom. The van der Waals surface area contributed by atoms with E-state index in [-0.39, 0.29) is 11.5 Å². The SMILES string of the molecule is COC(C)Cn1c(C(C)Cl)nc2cc(Br)cnc21. The van der Waals surface area contributed by atoms with Crippen LogP contribution in [0, 0.1) is 0 Å². The molecule has 2 aromatic rings. The van der Waals surface area contributed by atoms with Gasteiger partial charge in [0.1, 0.15) is 11.3 Å². The summed E-state index contributed by atoms with van der Waals surface area (Å²) < 4.78 is 8.23. The lowest BCUT2D eigenvalue weighted by Gasteiger charge is -2.14. The number of rotatable bonds is 4. The van der Waals surface area contributed by atoms with Gasteiger partial charge in [0.05, 0.1) is 18.0 Å². The highest BCUT2D eigenvalue weighted by Gasteiger charge is 2.17. The van der Waals surface area contributed by atoms with E-state index in [9.17, 15) is 0 Å². The predicted octanol–water partition coefficient (Wildman–Crippen LogP) is 3.53. The first-order valence-electron chi connectivity index (χ1n) is 5.71. The lowest BCUT2D eigenvalue weighted by Crippen LogP contribution is -2.17. The first kappa shape index (κ1) is 13.8. The molecule has 0 spiro atoms. The summed E-state index contributed by atoms with van der Waals surface area (Å²) in [6, 6.07) is 1.94. The molecule has 0 N–H and O–H groups in total. The summed E-state index contributed by atoms with van der Waals surface area (Å²) >= 11 is 9.58. The first-order valence-corrected chi connectivity index (χ1v) is 6.94. The van der Waals surface area contributed by atoms with Crippen molar-refractivity contribution >= 4 is 38.7 Å². The summed E-state index contributed by atoms with van der Waals surface area (Å²) in [5, 5.41) is -0.165. The Bertz CT molecular complexity index is 555. The van der Waals surface area contributed by atoms with Crippen LogP contribution in [0.5, 0.6) is 0 Å². The largest absolute Gasteiger partial charge is 0.380 e. The van der Waals surface area contributed by atoms with Crippen molar-refractivity contribution in [1.29, 1.82) is 0 Å². The lowest BCUT2D eigenvalue weighted by atomic mass is 10.3. The molecule has 2 aromatic heterocycles. The average Bonchev–Trinajstić information content (AvgIpc) is 2.67. The molecule has 98 valence electrons.